The zero-order chi connectivity index (χ0) is 19.8. The highest BCUT2D eigenvalue weighted by Crippen LogP contribution is 2.27. The van der Waals surface area contributed by atoms with Crippen LogP contribution in [0.15, 0.2) is 48.5 Å². The second-order valence-corrected chi connectivity index (χ2v) is 7.16. The van der Waals surface area contributed by atoms with Gasteiger partial charge in [-0.05, 0) is 50.3 Å². The lowest BCUT2D eigenvalue weighted by Crippen LogP contribution is -2.34. The van der Waals surface area contributed by atoms with Crippen molar-refractivity contribution in [2.75, 3.05) is 34.4 Å². The molecule has 0 bridgehead atoms. The highest BCUT2D eigenvalue weighted by molar-refractivity contribution is 5.94. The second-order valence-electron chi connectivity index (χ2n) is 7.16. The molecular formula is C22H30N2O3. The van der Waals surface area contributed by atoms with Crippen LogP contribution in [0.25, 0.3) is 0 Å². The summed E-state index contributed by atoms with van der Waals surface area (Å²) in [6, 6.07) is 15.1. The van der Waals surface area contributed by atoms with E-state index in [1.54, 1.807) is 19.2 Å². The summed E-state index contributed by atoms with van der Waals surface area (Å²) in [5.41, 5.74) is 1.66. The van der Waals surface area contributed by atoms with E-state index in [-0.39, 0.29) is 11.9 Å². The molecule has 0 aromatic heterocycles. The highest BCUT2D eigenvalue weighted by Gasteiger charge is 2.19. The molecule has 0 spiro atoms. The molecule has 0 aliphatic carbocycles. The van der Waals surface area contributed by atoms with Crippen LogP contribution < -0.4 is 14.8 Å². The van der Waals surface area contributed by atoms with E-state index < -0.39 is 0 Å². The third kappa shape index (κ3) is 6.00. The molecule has 1 atom stereocenters. The number of para-hydroxylation sites is 1. The molecular weight excluding hydrogens is 340 g/mol. The molecule has 0 heterocycles. The Labute approximate surface area is 162 Å². The highest BCUT2D eigenvalue weighted by atomic mass is 16.5. The maximum absolute atomic E-state index is 12.5. The van der Waals surface area contributed by atoms with E-state index in [0.29, 0.717) is 24.6 Å². The summed E-state index contributed by atoms with van der Waals surface area (Å²) in [6.07, 6.45) is 0. The van der Waals surface area contributed by atoms with Gasteiger partial charge in [0.15, 0.2) is 0 Å². The lowest BCUT2D eigenvalue weighted by atomic mass is 10.0. The van der Waals surface area contributed by atoms with Crippen LogP contribution in [0, 0.1) is 5.92 Å². The van der Waals surface area contributed by atoms with E-state index in [0.717, 1.165) is 17.1 Å². The van der Waals surface area contributed by atoms with Gasteiger partial charge in [0.1, 0.15) is 11.5 Å². The average Bonchev–Trinajstić information content (AvgIpc) is 2.66. The summed E-state index contributed by atoms with van der Waals surface area (Å²) in [7, 11) is 5.64. The minimum absolute atomic E-state index is 0.0127. The van der Waals surface area contributed by atoms with E-state index in [9.17, 15) is 4.79 Å². The molecule has 2 aromatic carbocycles. The minimum Gasteiger partial charge on any atom is -0.496 e. The summed E-state index contributed by atoms with van der Waals surface area (Å²) < 4.78 is 11.1. The van der Waals surface area contributed by atoms with Gasteiger partial charge in [-0.15, -0.1) is 0 Å². The van der Waals surface area contributed by atoms with Crippen molar-refractivity contribution in [1.82, 2.24) is 10.2 Å². The number of carbonyl (C=O) groups is 1. The van der Waals surface area contributed by atoms with Crippen LogP contribution in [0.1, 0.15) is 35.8 Å². The molecule has 1 N–H and O–H groups in total. The third-order valence-corrected chi connectivity index (χ3v) is 4.28. The summed E-state index contributed by atoms with van der Waals surface area (Å²) >= 11 is 0. The number of methoxy groups -OCH3 is 1. The number of hydrogen-bond acceptors (Lipinski definition) is 4. The first kappa shape index (κ1) is 20.8. The molecule has 2 rings (SSSR count). The molecule has 1 unspecified atom stereocenters. The molecule has 146 valence electrons. The van der Waals surface area contributed by atoms with E-state index in [2.05, 4.69) is 24.1 Å². The Morgan fingerprint density at radius 3 is 2.33 bits per heavy atom. The summed E-state index contributed by atoms with van der Waals surface area (Å²) in [5.74, 6) is 1.95. The minimum atomic E-state index is -0.104. The normalized spacial score (nSPS) is 12.1. The van der Waals surface area contributed by atoms with Crippen molar-refractivity contribution >= 4 is 5.91 Å². The van der Waals surface area contributed by atoms with Crippen LogP contribution in [0.2, 0.25) is 0 Å². The topological polar surface area (TPSA) is 50.8 Å². The fraction of sp³-hybridized carbons (Fsp3) is 0.409. The van der Waals surface area contributed by atoms with Gasteiger partial charge in [-0.2, -0.15) is 0 Å². The fourth-order valence-corrected chi connectivity index (χ4v) is 2.77. The zero-order valence-electron chi connectivity index (χ0n) is 16.9. The average molecular weight is 370 g/mol. The van der Waals surface area contributed by atoms with Gasteiger partial charge in [0.2, 0.25) is 0 Å². The largest absolute Gasteiger partial charge is 0.496 e. The van der Waals surface area contributed by atoms with E-state index in [4.69, 9.17) is 9.47 Å². The molecule has 0 aliphatic heterocycles. The molecule has 0 aliphatic rings. The lowest BCUT2D eigenvalue weighted by molar-refractivity contribution is 0.0941. The van der Waals surface area contributed by atoms with Crippen LogP contribution in [-0.4, -0.2) is 45.2 Å². The van der Waals surface area contributed by atoms with Crippen LogP contribution in [0.3, 0.4) is 0 Å². The van der Waals surface area contributed by atoms with E-state index in [1.807, 2.05) is 50.5 Å². The number of benzene rings is 2. The van der Waals surface area contributed by atoms with Crippen LogP contribution in [-0.2, 0) is 0 Å². The van der Waals surface area contributed by atoms with Crippen molar-refractivity contribution in [2.45, 2.75) is 19.9 Å². The second kappa shape index (κ2) is 9.97. The smallest absolute Gasteiger partial charge is 0.251 e. The van der Waals surface area contributed by atoms with Crippen molar-refractivity contribution in [3.8, 4) is 11.5 Å². The molecule has 2 aromatic rings. The monoisotopic (exact) mass is 370 g/mol. The van der Waals surface area contributed by atoms with Crippen molar-refractivity contribution in [3.05, 3.63) is 59.7 Å². The predicted molar refractivity (Wildman–Crippen MR) is 109 cm³/mol. The Hall–Kier alpha value is -2.53. The molecule has 0 saturated heterocycles. The van der Waals surface area contributed by atoms with Gasteiger partial charge < -0.3 is 19.7 Å². The lowest BCUT2D eigenvalue weighted by Gasteiger charge is -2.26. The number of carbonyl (C=O) groups excluding carboxylic acids is 1. The number of amides is 1. The van der Waals surface area contributed by atoms with Gasteiger partial charge in [-0.1, -0.05) is 32.0 Å². The van der Waals surface area contributed by atoms with Crippen molar-refractivity contribution < 1.29 is 14.3 Å². The number of ether oxygens (including phenoxy) is 2. The van der Waals surface area contributed by atoms with Gasteiger partial charge in [0, 0.05) is 17.7 Å². The molecule has 5 nitrogen and oxygen atoms in total. The number of nitrogens with one attached hydrogen (secondary N) is 1. The van der Waals surface area contributed by atoms with Gasteiger partial charge in [-0.25, -0.2) is 0 Å². The molecule has 0 radical (unpaired) electrons. The number of likely N-dealkylation sites (N-methyl/N-ethyl adjacent to an activating group) is 1. The Bertz CT molecular complexity index is 727. The standard InChI is InChI=1S/C22H30N2O3/c1-16(2)15-27-18-12-10-17(11-13-18)22(25)23-14-20(24(3)4)19-8-6-7-9-21(19)26-5/h6-13,16,20H,14-15H2,1-5H3,(H,23,25). The number of hydrogen-bond donors (Lipinski definition) is 1. The van der Waals surface area contributed by atoms with Gasteiger partial charge in [0.05, 0.1) is 19.8 Å². The maximum atomic E-state index is 12.5. The predicted octanol–water partition coefficient (Wildman–Crippen LogP) is 3.76. The first-order chi connectivity index (χ1) is 12.9. The van der Waals surface area contributed by atoms with E-state index >= 15 is 0 Å². The summed E-state index contributed by atoms with van der Waals surface area (Å²) in [4.78, 5) is 14.6. The van der Waals surface area contributed by atoms with Crippen molar-refractivity contribution in [2.24, 2.45) is 5.92 Å². The van der Waals surface area contributed by atoms with Gasteiger partial charge in [-0.3, -0.25) is 4.79 Å². The van der Waals surface area contributed by atoms with E-state index in [1.165, 1.54) is 0 Å². The number of rotatable bonds is 9. The Balaban J connectivity index is 2.01. The molecule has 1 amide bonds. The number of nitrogens with zero attached hydrogens (tertiary/aromatic N) is 1. The third-order valence-electron chi connectivity index (χ3n) is 4.28. The molecule has 27 heavy (non-hydrogen) atoms. The summed E-state index contributed by atoms with van der Waals surface area (Å²) in [6.45, 7) is 5.35. The van der Waals surface area contributed by atoms with Crippen LogP contribution >= 0.6 is 0 Å². The summed E-state index contributed by atoms with van der Waals surface area (Å²) in [5, 5.41) is 3.02. The Morgan fingerprint density at radius 2 is 1.74 bits per heavy atom. The quantitative estimate of drug-likeness (QED) is 0.730. The SMILES string of the molecule is COc1ccccc1C(CNC(=O)c1ccc(OCC(C)C)cc1)N(C)C. The van der Waals surface area contributed by atoms with Crippen LogP contribution in [0.4, 0.5) is 0 Å². The first-order valence-corrected chi connectivity index (χ1v) is 9.22. The van der Waals surface area contributed by atoms with Crippen LogP contribution in [0.5, 0.6) is 11.5 Å². The zero-order valence-corrected chi connectivity index (χ0v) is 16.9. The molecule has 5 heteroatoms. The first-order valence-electron chi connectivity index (χ1n) is 9.22. The van der Waals surface area contributed by atoms with Crippen molar-refractivity contribution in [1.29, 1.82) is 0 Å². The Kier molecular flexibility index (Phi) is 7.67. The molecule has 0 fully saturated rings. The fourth-order valence-electron chi connectivity index (χ4n) is 2.77. The van der Waals surface area contributed by atoms with Gasteiger partial charge >= 0.3 is 0 Å². The molecule has 0 saturated carbocycles. The van der Waals surface area contributed by atoms with Gasteiger partial charge in [0.25, 0.3) is 5.91 Å². The van der Waals surface area contributed by atoms with Crippen molar-refractivity contribution in [3.63, 3.8) is 0 Å². The Morgan fingerprint density at radius 1 is 1.07 bits per heavy atom. The maximum Gasteiger partial charge on any atom is 0.251 e.